The molecule has 0 bridgehead atoms. The van der Waals surface area contributed by atoms with Crippen LogP contribution in [0.15, 0.2) is 24.3 Å². The van der Waals surface area contributed by atoms with Gasteiger partial charge in [0.1, 0.15) is 17.9 Å². The van der Waals surface area contributed by atoms with Gasteiger partial charge in [-0.05, 0) is 44.4 Å². The van der Waals surface area contributed by atoms with Crippen LogP contribution in [0.4, 0.5) is 9.18 Å². The first kappa shape index (κ1) is 26.4. The van der Waals surface area contributed by atoms with Gasteiger partial charge in [0.25, 0.3) is 5.91 Å². The SMILES string of the molecule is CC(C)NC(=O)N1CCN(C(=O)c2cccc(F)c2)C[C@@H]1C(=O)N[C@@H](CC1CCCCC1)C(N)=O. The van der Waals surface area contributed by atoms with Crippen LogP contribution < -0.4 is 16.4 Å². The Morgan fingerprint density at radius 3 is 2.43 bits per heavy atom. The van der Waals surface area contributed by atoms with Gasteiger partial charge >= 0.3 is 6.03 Å². The first-order valence-electron chi connectivity index (χ1n) is 12.4. The highest BCUT2D eigenvalue weighted by Crippen LogP contribution is 2.27. The molecule has 1 saturated heterocycles. The molecule has 10 heteroatoms. The molecule has 2 aliphatic rings. The van der Waals surface area contributed by atoms with E-state index in [-0.39, 0.29) is 31.2 Å². The average molecular weight is 490 g/mol. The third-order valence-corrected chi connectivity index (χ3v) is 6.67. The Kier molecular flexibility index (Phi) is 9.06. The highest BCUT2D eigenvalue weighted by Gasteiger charge is 2.39. The number of urea groups is 1. The highest BCUT2D eigenvalue weighted by atomic mass is 19.1. The maximum absolute atomic E-state index is 13.7. The maximum atomic E-state index is 13.7. The number of amides is 5. The summed E-state index contributed by atoms with van der Waals surface area (Å²) in [6.45, 7) is 3.84. The number of primary amides is 1. The quantitative estimate of drug-likeness (QED) is 0.542. The summed E-state index contributed by atoms with van der Waals surface area (Å²) in [6.07, 6.45) is 5.78. The summed E-state index contributed by atoms with van der Waals surface area (Å²) in [5, 5.41) is 5.53. The molecule has 4 N–H and O–H groups in total. The van der Waals surface area contributed by atoms with Crippen molar-refractivity contribution < 1.29 is 23.6 Å². The van der Waals surface area contributed by atoms with Crippen molar-refractivity contribution in [3.63, 3.8) is 0 Å². The van der Waals surface area contributed by atoms with Crippen LogP contribution in [0, 0.1) is 11.7 Å². The smallest absolute Gasteiger partial charge is 0.318 e. The van der Waals surface area contributed by atoms with E-state index in [1.165, 1.54) is 34.4 Å². The number of rotatable bonds is 7. The van der Waals surface area contributed by atoms with Gasteiger partial charge in [0.05, 0.1) is 6.54 Å². The van der Waals surface area contributed by atoms with Gasteiger partial charge in [0.15, 0.2) is 0 Å². The van der Waals surface area contributed by atoms with Crippen molar-refractivity contribution in [2.75, 3.05) is 19.6 Å². The van der Waals surface area contributed by atoms with Gasteiger partial charge in [-0.25, -0.2) is 9.18 Å². The lowest BCUT2D eigenvalue weighted by Crippen LogP contribution is -2.65. The Morgan fingerprint density at radius 2 is 1.80 bits per heavy atom. The second kappa shape index (κ2) is 12.0. The molecule has 0 spiro atoms. The molecule has 1 aromatic carbocycles. The van der Waals surface area contributed by atoms with Crippen molar-refractivity contribution in [2.24, 2.45) is 11.7 Å². The van der Waals surface area contributed by atoms with E-state index in [4.69, 9.17) is 5.73 Å². The van der Waals surface area contributed by atoms with E-state index in [0.717, 1.165) is 31.7 Å². The van der Waals surface area contributed by atoms with Crippen molar-refractivity contribution in [1.82, 2.24) is 20.4 Å². The zero-order valence-corrected chi connectivity index (χ0v) is 20.5. The van der Waals surface area contributed by atoms with E-state index in [1.54, 1.807) is 0 Å². The molecule has 192 valence electrons. The van der Waals surface area contributed by atoms with E-state index < -0.39 is 41.7 Å². The monoisotopic (exact) mass is 489 g/mol. The molecule has 0 unspecified atom stereocenters. The van der Waals surface area contributed by atoms with Crippen molar-refractivity contribution in [2.45, 2.75) is 70.5 Å². The number of nitrogens with two attached hydrogens (primary N) is 1. The molecule has 1 aliphatic carbocycles. The number of benzene rings is 1. The predicted molar refractivity (Wildman–Crippen MR) is 129 cm³/mol. The van der Waals surface area contributed by atoms with Crippen LogP contribution in [0.3, 0.4) is 0 Å². The van der Waals surface area contributed by atoms with Crippen LogP contribution in [-0.4, -0.2) is 71.3 Å². The first-order valence-corrected chi connectivity index (χ1v) is 12.4. The molecule has 1 aliphatic heterocycles. The average Bonchev–Trinajstić information content (AvgIpc) is 2.82. The molecule has 2 atom stereocenters. The Balaban J connectivity index is 1.77. The van der Waals surface area contributed by atoms with Gasteiger partial charge < -0.3 is 26.2 Å². The Hall–Kier alpha value is -3.17. The molecule has 9 nitrogen and oxygen atoms in total. The minimum atomic E-state index is -1.02. The molecule has 1 heterocycles. The van der Waals surface area contributed by atoms with Crippen LogP contribution >= 0.6 is 0 Å². The number of nitrogens with zero attached hydrogens (tertiary/aromatic N) is 2. The number of carbonyl (C=O) groups excluding carboxylic acids is 4. The van der Waals surface area contributed by atoms with E-state index in [0.29, 0.717) is 12.3 Å². The van der Waals surface area contributed by atoms with Gasteiger partial charge in [0.2, 0.25) is 11.8 Å². The molecular formula is C25H36FN5O4. The van der Waals surface area contributed by atoms with Gasteiger partial charge in [-0.3, -0.25) is 14.4 Å². The van der Waals surface area contributed by atoms with Gasteiger partial charge in [0, 0.05) is 24.7 Å². The van der Waals surface area contributed by atoms with Crippen LogP contribution in [0.2, 0.25) is 0 Å². The first-order chi connectivity index (χ1) is 16.7. The zero-order chi connectivity index (χ0) is 25.5. The number of hydrogen-bond acceptors (Lipinski definition) is 4. The highest BCUT2D eigenvalue weighted by molar-refractivity contribution is 5.96. The summed E-state index contributed by atoms with van der Waals surface area (Å²) in [5.41, 5.74) is 5.77. The van der Waals surface area contributed by atoms with Crippen LogP contribution in [0.5, 0.6) is 0 Å². The van der Waals surface area contributed by atoms with E-state index in [1.807, 2.05) is 13.8 Å². The molecule has 2 fully saturated rings. The Labute approximate surface area is 205 Å². The summed E-state index contributed by atoms with van der Waals surface area (Å²) < 4.78 is 13.7. The maximum Gasteiger partial charge on any atom is 0.318 e. The Bertz CT molecular complexity index is 934. The molecule has 3 rings (SSSR count). The number of halogens is 1. The van der Waals surface area contributed by atoms with E-state index in [2.05, 4.69) is 10.6 Å². The van der Waals surface area contributed by atoms with Gasteiger partial charge in [-0.2, -0.15) is 0 Å². The third-order valence-electron chi connectivity index (χ3n) is 6.67. The fourth-order valence-electron chi connectivity index (χ4n) is 4.84. The van der Waals surface area contributed by atoms with Crippen molar-refractivity contribution in [1.29, 1.82) is 0 Å². The normalized spacial score (nSPS) is 19.8. The minimum Gasteiger partial charge on any atom is -0.368 e. The molecule has 0 aromatic heterocycles. The number of hydrogen-bond donors (Lipinski definition) is 3. The van der Waals surface area contributed by atoms with Crippen LogP contribution in [0.1, 0.15) is 62.7 Å². The summed E-state index contributed by atoms with van der Waals surface area (Å²) in [4.78, 5) is 54.2. The second-order valence-corrected chi connectivity index (χ2v) is 9.78. The van der Waals surface area contributed by atoms with Gasteiger partial charge in [-0.15, -0.1) is 0 Å². The topological polar surface area (TPSA) is 125 Å². The largest absolute Gasteiger partial charge is 0.368 e. The fourth-order valence-corrected chi connectivity index (χ4v) is 4.84. The standard InChI is InChI=1S/C25H36FN5O4/c1-16(2)28-25(35)31-12-11-30(24(34)18-9-6-10-19(26)14-18)15-21(31)23(33)29-20(22(27)32)13-17-7-4-3-5-8-17/h6,9-10,14,16-17,20-21H,3-5,7-8,11-13,15H2,1-2H3,(H2,27,32)(H,28,35)(H,29,33)/t20-,21+/m0/s1. The van der Waals surface area contributed by atoms with Crippen LogP contribution in [-0.2, 0) is 9.59 Å². The van der Waals surface area contributed by atoms with Crippen molar-refractivity contribution >= 4 is 23.8 Å². The third kappa shape index (κ3) is 7.16. The molecular weight excluding hydrogens is 453 g/mol. The molecule has 1 saturated carbocycles. The molecule has 35 heavy (non-hydrogen) atoms. The molecule has 1 aromatic rings. The predicted octanol–water partition coefficient (Wildman–Crippen LogP) is 2.01. The van der Waals surface area contributed by atoms with E-state index >= 15 is 0 Å². The summed E-state index contributed by atoms with van der Waals surface area (Å²) in [6, 6.07) is 2.89. The summed E-state index contributed by atoms with van der Waals surface area (Å²) in [7, 11) is 0. The molecule has 0 radical (unpaired) electrons. The summed E-state index contributed by atoms with van der Waals surface area (Å²) in [5.74, 6) is -1.82. The lowest BCUT2D eigenvalue weighted by Gasteiger charge is -2.41. The van der Waals surface area contributed by atoms with E-state index in [9.17, 15) is 23.6 Å². The van der Waals surface area contributed by atoms with Crippen LogP contribution in [0.25, 0.3) is 0 Å². The molecule has 5 amide bonds. The lowest BCUT2D eigenvalue weighted by molar-refractivity contribution is -0.131. The van der Waals surface area contributed by atoms with Gasteiger partial charge in [-0.1, -0.05) is 38.2 Å². The van der Waals surface area contributed by atoms with Crippen molar-refractivity contribution in [3.8, 4) is 0 Å². The number of piperazine rings is 1. The fraction of sp³-hybridized carbons (Fsp3) is 0.600. The number of nitrogens with one attached hydrogen (secondary N) is 2. The van der Waals surface area contributed by atoms with Crippen molar-refractivity contribution in [3.05, 3.63) is 35.6 Å². The summed E-state index contributed by atoms with van der Waals surface area (Å²) >= 11 is 0. The minimum absolute atomic E-state index is 0.0817. The Morgan fingerprint density at radius 1 is 1.09 bits per heavy atom. The number of carbonyl (C=O) groups is 4. The zero-order valence-electron chi connectivity index (χ0n) is 20.5. The lowest BCUT2D eigenvalue weighted by atomic mass is 9.84. The second-order valence-electron chi connectivity index (χ2n) is 9.78.